The van der Waals surface area contributed by atoms with Crippen molar-refractivity contribution in [3.63, 3.8) is 0 Å². The van der Waals surface area contributed by atoms with Gasteiger partial charge in [-0.1, -0.05) is 0 Å². The molecule has 2 heterocycles. The first-order valence-corrected chi connectivity index (χ1v) is 7.98. The summed E-state index contributed by atoms with van der Waals surface area (Å²) in [6, 6.07) is 10.6. The number of esters is 1. The van der Waals surface area contributed by atoms with Crippen molar-refractivity contribution >= 4 is 22.8 Å². The van der Waals surface area contributed by atoms with Gasteiger partial charge in [-0.25, -0.2) is 4.79 Å². The predicted molar refractivity (Wildman–Crippen MR) is 93.9 cm³/mol. The number of furan rings is 1. The average Bonchev–Trinajstić information content (AvgIpc) is 3.17. The molecule has 1 amide bonds. The summed E-state index contributed by atoms with van der Waals surface area (Å²) in [5.74, 6) is 0.300. The van der Waals surface area contributed by atoms with Crippen molar-refractivity contribution in [2.45, 2.75) is 13.5 Å². The Labute approximate surface area is 149 Å². The maximum atomic E-state index is 12.3. The van der Waals surface area contributed by atoms with E-state index in [1.54, 1.807) is 44.4 Å². The molecule has 0 atom stereocenters. The molecule has 0 aliphatic carbocycles. The van der Waals surface area contributed by atoms with Crippen LogP contribution < -0.4 is 10.1 Å². The van der Waals surface area contributed by atoms with Gasteiger partial charge in [0.05, 0.1) is 36.7 Å². The first-order chi connectivity index (χ1) is 12.6. The number of benzene rings is 1. The topological polar surface area (TPSA) is 90.7 Å². The number of nitrogens with zero attached hydrogens (tertiary/aromatic N) is 1. The van der Waals surface area contributed by atoms with Crippen molar-refractivity contribution in [1.29, 1.82) is 0 Å². The third kappa shape index (κ3) is 4.00. The zero-order chi connectivity index (χ0) is 18.5. The maximum absolute atomic E-state index is 12.3. The molecule has 0 aliphatic heterocycles. The van der Waals surface area contributed by atoms with Crippen LogP contribution in [0.4, 0.5) is 0 Å². The van der Waals surface area contributed by atoms with Crippen LogP contribution in [-0.4, -0.2) is 30.6 Å². The van der Waals surface area contributed by atoms with Gasteiger partial charge in [0.15, 0.2) is 6.61 Å². The minimum absolute atomic E-state index is 0.238. The molecule has 1 aromatic carbocycles. The molecule has 1 N–H and O–H groups in total. The molecule has 0 unspecified atom stereocenters. The van der Waals surface area contributed by atoms with Crippen LogP contribution in [0.5, 0.6) is 5.75 Å². The Balaban J connectivity index is 1.63. The second-order valence-corrected chi connectivity index (χ2v) is 5.61. The highest BCUT2D eigenvalue weighted by Crippen LogP contribution is 2.22. The van der Waals surface area contributed by atoms with Crippen LogP contribution in [0.25, 0.3) is 10.9 Å². The van der Waals surface area contributed by atoms with Crippen LogP contribution >= 0.6 is 0 Å². The molecule has 7 heteroatoms. The summed E-state index contributed by atoms with van der Waals surface area (Å²) in [4.78, 5) is 28.5. The molecule has 0 saturated heterocycles. The van der Waals surface area contributed by atoms with E-state index in [4.69, 9.17) is 13.9 Å². The van der Waals surface area contributed by atoms with E-state index in [-0.39, 0.29) is 13.2 Å². The Morgan fingerprint density at radius 2 is 2.08 bits per heavy atom. The van der Waals surface area contributed by atoms with E-state index in [2.05, 4.69) is 10.3 Å². The fourth-order valence-electron chi connectivity index (χ4n) is 2.44. The monoisotopic (exact) mass is 354 g/mol. The number of hydrogen-bond donors (Lipinski definition) is 1. The highest BCUT2D eigenvalue weighted by atomic mass is 16.5. The van der Waals surface area contributed by atoms with E-state index in [9.17, 15) is 9.59 Å². The number of aromatic nitrogens is 1. The first-order valence-electron chi connectivity index (χ1n) is 7.98. The Bertz CT molecular complexity index is 935. The highest BCUT2D eigenvalue weighted by molar-refractivity contribution is 5.96. The van der Waals surface area contributed by atoms with Gasteiger partial charge in [0.2, 0.25) is 0 Å². The van der Waals surface area contributed by atoms with Gasteiger partial charge in [-0.05, 0) is 37.3 Å². The lowest BCUT2D eigenvalue weighted by atomic mass is 10.1. The number of rotatable bonds is 6. The quantitative estimate of drug-likeness (QED) is 0.684. The van der Waals surface area contributed by atoms with E-state index in [1.165, 1.54) is 6.26 Å². The normalized spacial score (nSPS) is 10.5. The van der Waals surface area contributed by atoms with Gasteiger partial charge in [0.1, 0.15) is 11.5 Å². The summed E-state index contributed by atoms with van der Waals surface area (Å²) < 4.78 is 15.4. The second-order valence-electron chi connectivity index (χ2n) is 5.61. The summed E-state index contributed by atoms with van der Waals surface area (Å²) >= 11 is 0. The largest absolute Gasteiger partial charge is 0.497 e. The smallest absolute Gasteiger partial charge is 0.340 e. The zero-order valence-electron chi connectivity index (χ0n) is 14.4. The molecular formula is C19H18N2O5. The Morgan fingerprint density at radius 3 is 2.81 bits per heavy atom. The lowest BCUT2D eigenvalue weighted by Crippen LogP contribution is -2.28. The van der Waals surface area contributed by atoms with Gasteiger partial charge >= 0.3 is 5.97 Å². The van der Waals surface area contributed by atoms with E-state index < -0.39 is 11.9 Å². The Kier molecular flexibility index (Phi) is 5.17. The third-order valence-corrected chi connectivity index (χ3v) is 3.81. The summed E-state index contributed by atoms with van der Waals surface area (Å²) in [5, 5.41) is 3.39. The molecule has 0 aliphatic rings. The highest BCUT2D eigenvalue weighted by Gasteiger charge is 2.15. The first kappa shape index (κ1) is 17.5. The second kappa shape index (κ2) is 7.69. The minimum atomic E-state index is -0.596. The van der Waals surface area contributed by atoms with E-state index in [0.717, 1.165) is 10.9 Å². The molecule has 3 rings (SSSR count). The number of methoxy groups -OCH3 is 1. The van der Waals surface area contributed by atoms with Crippen molar-refractivity contribution in [2.75, 3.05) is 13.7 Å². The molecule has 0 bridgehead atoms. The van der Waals surface area contributed by atoms with Gasteiger partial charge in [0.25, 0.3) is 5.91 Å². The Hall–Kier alpha value is -3.35. The van der Waals surface area contributed by atoms with Crippen molar-refractivity contribution in [3.8, 4) is 5.75 Å². The number of carbonyl (C=O) groups is 2. The number of carbonyl (C=O) groups excluding carboxylic acids is 2. The fourth-order valence-corrected chi connectivity index (χ4v) is 2.44. The molecular weight excluding hydrogens is 336 g/mol. The number of fused-ring (bicyclic) bond motifs is 1. The number of amides is 1. The molecule has 0 spiro atoms. The minimum Gasteiger partial charge on any atom is -0.497 e. The number of hydrogen-bond acceptors (Lipinski definition) is 6. The summed E-state index contributed by atoms with van der Waals surface area (Å²) in [7, 11) is 1.58. The van der Waals surface area contributed by atoms with Gasteiger partial charge in [-0.2, -0.15) is 0 Å². The molecule has 0 saturated carbocycles. The predicted octanol–water partition coefficient (Wildman–Crippen LogP) is 2.62. The third-order valence-electron chi connectivity index (χ3n) is 3.81. The molecule has 2 aromatic heterocycles. The SMILES string of the molecule is COc1ccc2cc(C(=O)OCC(=O)NCc3ccco3)c(C)nc2c1. The van der Waals surface area contributed by atoms with Crippen molar-refractivity contribution in [2.24, 2.45) is 0 Å². The van der Waals surface area contributed by atoms with Crippen molar-refractivity contribution in [1.82, 2.24) is 10.3 Å². The molecule has 3 aromatic rings. The van der Waals surface area contributed by atoms with Gasteiger partial charge in [-0.15, -0.1) is 0 Å². The number of pyridine rings is 1. The van der Waals surface area contributed by atoms with Crippen LogP contribution in [0.2, 0.25) is 0 Å². The fraction of sp³-hybridized carbons (Fsp3) is 0.211. The van der Waals surface area contributed by atoms with Gasteiger partial charge < -0.3 is 19.2 Å². The lowest BCUT2D eigenvalue weighted by molar-refractivity contribution is -0.124. The Morgan fingerprint density at radius 1 is 1.23 bits per heavy atom. The lowest BCUT2D eigenvalue weighted by Gasteiger charge is -2.09. The number of aryl methyl sites for hydroxylation is 1. The van der Waals surface area contributed by atoms with Crippen molar-refractivity contribution in [3.05, 3.63) is 59.7 Å². The summed E-state index contributed by atoms with van der Waals surface area (Å²) in [6.07, 6.45) is 1.52. The van der Waals surface area contributed by atoms with Crippen LogP contribution in [-0.2, 0) is 16.1 Å². The zero-order valence-corrected chi connectivity index (χ0v) is 14.4. The van der Waals surface area contributed by atoms with Crippen LogP contribution in [0.1, 0.15) is 21.8 Å². The molecule has 134 valence electrons. The van der Waals surface area contributed by atoms with Gasteiger partial charge in [-0.3, -0.25) is 9.78 Å². The standard InChI is InChI=1S/C19H18N2O5/c1-12-16(8-13-5-6-14(24-2)9-17(13)21-12)19(23)26-11-18(22)20-10-15-4-3-7-25-15/h3-9H,10-11H2,1-2H3,(H,20,22). The number of ether oxygens (including phenoxy) is 2. The van der Waals surface area contributed by atoms with Crippen LogP contribution in [0.15, 0.2) is 47.1 Å². The van der Waals surface area contributed by atoms with Crippen LogP contribution in [0, 0.1) is 6.92 Å². The molecule has 0 radical (unpaired) electrons. The van der Waals surface area contributed by atoms with E-state index in [1.807, 2.05) is 6.07 Å². The molecule has 7 nitrogen and oxygen atoms in total. The van der Waals surface area contributed by atoms with Crippen molar-refractivity contribution < 1.29 is 23.5 Å². The van der Waals surface area contributed by atoms with Gasteiger partial charge in [0, 0.05) is 11.5 Å². The summed E-state index contributed by atoms with van der Waals surface area (Å²) in [5.41, 5.74) is 1.56. The van der Waals surface area contributed by atoms with E-state index >= 15 is 0 Å². The van der Waals surface area contributed by atoms with E-state index in [0.29, 0.717) is 22.8 Å². The van der Waals surface area contributed by atoms with Crippen LogP contribution in [0.3, 0.4) is 0 Å². The molecule has 26 heavy (non-hydrogen) atoms. The maximum Gasteiger partial charge on any atom is 0.340 e. The number of nitrogens with one attached hydrogen (secondary N) is 1. The summed E-state index contributed by atoms with van der Waals surface area (Å²) in [6.45, 7) is 1.58. The molecule has 0 fully saturated rings. The average molecular weight is 354 g/mol.